The van der Waals surface area contributed by atoms with Crippen LogP contribution in [0.2, 0.25) is 5.02 Å². The molecule has 0 aliphatic heterocycles. The molecule has 0 N–H and O–H groups in total. The number of hydrogen-bond donors (Lipinski definition) is 0. The fourth-order valence-corrected chi connectivity index (χ4v) is 2.52. The van der Waals surface area contributed by atoms with Crippen molar-refractivity contribution >= 4 is 34.1 Å². The van der Waals surface area contributed by atoms with Gasteiger partial charge in [0.1, 0.15) is 10.6 Å². The lowest BCUT2D eigenvalue weighted by Gasteiger charge is -2.12. The molecule has 22 heavy (non-hydrogen) atoms. The Bertz CT molecular complexity index is 923. The number of ether oxygens (including phenoxy) is 1. The molecule has 3 aromatic rings. The summed E-state index contributed by atoms with van der Waals surface area (Å²) in [6, 6.07) is 10.1. The van der Waals surface area contributed by atoms with E-state index in [1.165, 1.54) is 10.6 Å². The van der Waals surface area contributed by atoms with E-state index in [9.17, 15) is 9.59 Å². The molecule has 0 unspecified atom stereocenters. The van der Waals surface area contributed by atoms with Crippen LogP contribution in [0, 0.1) is 0 Å². The van der Waals surface area contributed by atoms with Crippen LogP contribution in [0.15, 0.2) is 53.6 Å². The van der Waals surface area contributed by atoms with E-state index in [-0.39, 0.29) is 16.3 Å². The van der Waals surface area contributed by atoms with Crippen LogP contribution < -0.4 is 10.3 Å². The topological polar surface area (TPSA) is 60.7 Å². The zero-order valence-electron chi connectivity index (χ0n) is 11.0. The van der Waals surface area contributed by atoms with Crippen LogP contribution >= 0.6 is 23.2 Å². The molecule has 0 fully saturated rings. The summed E-state index contributed by atoms with van der Waals surface area (Å²) in [7, 11) is 0. The fraction of sp³-hybridized carbons (Fsp3) is 0. The summed E-state index contributed by atoms with van der Waals surface area (Å²) in [5.41, 5.74) is -0.684. The van der Waals surface area contributed by atoms with Gasteiger partial charge in [-0.25, -0.2) is 4.79 Å². The van der Waals surface area contributed by atoms with Crippen molar-refractivity contribution in [3.8, 4) is 17.0 Å². The second-order valence-corrected chi connectivity index (χ2v) is 5.02. The average molecular weight is 335 g/mol. The van der Waals surface area contributed by atoms with Gasteiger partial charge >= 0.3 is 5.43 Å². The second kappa shape index (κ2) is 5.79. The van der Waals surface area contributed by atoms with Gasteiger partial charge in [0, 0.05) is 24.0 Å². The number of carbonyl (C=O) groups excluding carboxylic acids is 1. The van der Waals surface area contributed by atoms with E-state index < -0.39 is 11.0 Å². The summed E-state index contributed by atoms with van der Waals surface area (Å²) in [5.74, 6) is -0.100. The summed E-state index contributed by atoms with van der Waals surface area (Å²) in [6.07, 6.45) is 3.09. The number of halogens is 2. The van der Waals surface area contributed by atoms with E-state index in [2.05, 4.69) is 4.98 Å². The molecule has 7 heteroatoms. The lowest BCUT2D eigenvalue weighted by atomic mass is 10.1. The Morgan fingerprint density at radius 1 is 1.18 bits per heavy atom. The van der Waals surface area contributed by atoms with Gasteiger partial charge in [-0.15, -0.1) is 0 Å². The maximum atomic E-state index is 12.7. The highest BCUT2D eigenvalue weighted by molar-refractivity contribution is 6.61. The lowest BCUT2D eigenvalue weighted by Crippen LogP contribution is -2.18. The Kier molecular flexibility index (Phi) is 3.83. The standard InChI is InChI=1S/C15H8Cl2N2O3/c16-12-10-6-2-4-8-19(10)14(20)11(13(12)22-15(17)21)9-5-1-3-7-18-9/h1-8H. The molecule has 0 aliphatic rings. The smallest absolute Gasteiger partial charge is 0.409 e. The van der Waals surface area contributed by atoms with E-state index in [0.29, 0.717) is 11.2 Å². The molecule has 0 aromatic carbocycles. The average Bonchev–Trinajstić information content (AvgIpc) is 2.53. The Hall–Kier alpha value is -2.37. The SMILES string of the molecule is O=C(Cl)Oc1c(-c2ccccn2)c(=O)n2ccccc2c1Cl. The van der Waals surface area contributed by atoms with Crippen molar-refractivity contribution in [2.24, 2.45) is 0 Å². The van der Waals surface area contributed by atoms with Crippen molar-refractivity contribution in [1.82, 2.24) is 9.38 Å². The first-order valence-corrected chi connectivity index (χ1v) is 6.96. The van der Waals surface area contributed by atoms with Crippen molar-refractivity contribution < 1.29 is 9.53 Å². The van der Waals surface area contributed by atoms with Crippen LogP contribution in [0.4, 0.5) is 4.79 Å². The van der Waals surface area contributed by atoms with E-state index in [4.69, 9.17) is 27.9 Å². The molecule has 0 saturated carbocycles. The fourth-order valence-electron chi connectivity index (χ4n) is 2.16. The van der Waals surface area contributed by atoms with Crippen LogP contribution in [0.5, 0.6) is 5.75 Å². The van der Waals surface area contributed by atoms with Crippen molar-refractivity contribution in [2.45, 2.75) is 0 Å². The minimum atomic E-state index is -1.08. The molecule has 0 atom stereocenters. The van der Waals surface area contributed by atoms with Gasteiger partial charge in [-0.1, -0.05) is 23.7 Å². The first kappa shape index (κ1) is 14.6. The van der Waals surface area contributed by atoms with Gasteiger partial charge in [0.25, 0.3) is 5.56 Å². The molecular weight excluding hydrogens is 327 g/mol. The molecule has 0 radical (unpaired) electrons. The van der Waals surface area contributed by atoms with Crippen LogP contribution in [-0.4, -0.2) is 14.8 Å². The maximum absolute atomic E-state index is 12.7. The predicted molar refractivity (Wildman–Crippen MR) is 83.8 cm³/mol. The minimum absolute atomic E-state index is 0.0725. The Balaban J connectivity index is 2.45. The quantitative estimate of drug-likeness (QED) is 0.669. The molecule has 3 rings (SSSR count). The van der Waals surface area contributed by atoms with Gasteiger partial charge < -0.3 is 4.74 Å². The molecule has 0 amide bonds. The Morgan fingerprint density at radius 3 is 2.64 bits per heavy atom. The molecule has 0 bridgehead atoms. The van der Waals surface area contributed by atoms with Crippen molar-refractivity contribution in [2.75, 3.05) is 0 Å². The second-order valence-electron chi connectivity index (χ2n) is 4.33. The molecule has 0 aliphatic carbocycles. The highest BCUT2D eigenvalue weighted by Crippen LogP contribution is 2.36. The third kappa shape index (κ3) is 2.45. The van der Waals surface area contributed by atoms with E-state index in [1.807, 2.05) is 0 Å². The molecule has 3 heterocycles. The van der Waals surface area contributed by atoms with E-state index in [1.54, 1.807) is 42.6 Å². The third-order valence-corrected chi connectivity index (χ3v) is 3.49. The van der Waals surface area contributed by atoms with Gasteiger partial charge in [-0.3, -0.25) is 14.2 Å². The van der Waals surface area contributed by atoms with Crippen molar-refractivity contribution in [3.05, 3.63) is 64.2 Å². The van der Waals surface area contributed by atoms with Crippen LogP contribution in [-0.2, 0) is 0 Å². The Labute approximate surface area is 134 Å². The first-order valence-electron chi connectivity index (χ1n) is 6.21. The molecule has 5 nitrogen and oxygen atoms in total. The third-order valence-electron chi connectivity index (χ3n) is 3.05. The molecule has 0 spiro atoms. The van der Waals surface area contributed by atoms with E-state index in [0.717, 1.165) is 0 Å². The van der Waals surface area contributed by atoms with Crippen molar-refractivity contribution in [3.63, 3.8) is 0 Å². The first-order chi connectivity index (χ1) is 10.6. The number of rotatable bonds is 2. The van der Waals surface area contributed by atoms with Crippen LogP contribution in [0.3, 0.4) is 0 Å². The van der Waals surface area contributed by atoms with Crippen LogP contribution in [0.1, 0.15) is 0 Å². The Morgan fingerprint density at radius 2 is 1.95 bits per heavy atom. The van der Waals surface area contributed by atoms with Gasteiger partial charge in [-0.2, -0.15) is 0 Å². The van der Waals surface area contributed by atoms with Crippen molar-refractivity contribution in [1.29, 1.82) is 0 Å². The summed E-state index contributed by atoms with van der Waals surface area (Å²) in [4.78, 5) is 28.0. The monoisotopic (exact) mass is 334 g/mol. The highest BCUT2D eigenvalue weighted by atomic mass is 35.5. The number of nitrogens with zero attached hydrogens (tertiary/aromatic N) is 2. The zero-order valence-corrected chi connectivity index (χ0v) is 12.5. The molecule has 110 valence electrons. The lowest BCUT2D eigenvalue weighted by molar-refractivity contribution is 0.226. The number of fused-ring (bicyclic) bond motifs is 1. The summed E-state index contributed by atoms with van der Waals surface area (Å²) < 4.78 is 6.32. The molecule has 3 aromatic heterocycles. The van der Waals surface area contributed by atoms with Gasteiger partial charge in [-0.05, 0) is 24.3 Å². The van der Waals surface area contributed by atoms with Gasteiger partial charge in [0.15, 0.2) is 5.75 Å². The normalized spacial score (nSPS) is 10.6. The van der Waals surface area contributed by atoms with Gasteiger partial charge in [0.2, 0.25) is 0 Å². The van der Waals surface area contributed by atoms with E-state index >= 15 is 0 Å². The summed E-state index contributed by atoms with van der Waals surface area (Å²) in [6.45, 7) is 0. The molecular formula is C15H8Cl2N2O3. The minimum Gasteiger partial charge on any atom is -0.412 e. The largest absolute Gasteiger partial charge is 0.412 e. The number of pyridine rings is 3. The predicted octanol–water partition coefficient (Wildman–Crippen LogP) is 3.75. The summed E-state index contributed by atoms with van der Waals surface area (Å²) in [5, 5.41) is 0.106. The maximum Gasteiger partial charge on any atom is 0.409 e. The number of carbonyl (C=O) groups is 1. The summed E-state index contributed by atoms with van der Waals surface area (Å²) >= 11 is 11.6. The zero-order chi connectivity index (χ0) is 15.7. The molecule has 0 saturated heterocycles. The van der Waals surface area contributed by atoms with Crippen LogP contribution in [0.25, 0.3) is 16.8 Å². The highest BCUT2D eigenvalue weighted by Gasteiger charge is 2.22. The number of hydrogen-bond acceptors (Lipinski definition) is 4. The van der Waals surface area contributed by atoms with Gasteiger partial charge in [0.05, 0.1) is 11.2 Å². The number of aromatic nitrogens is 2.